The summed E-state index contributed by atoms with van der Waals surface area (Å²) in [6.45, 7) is 13.8. The first-order valence-corrected chi connectivity index (χ1v) is 12.6. The topological polar surface area (TPSA) is 0 Å². The molecule has 0 saturated carbocycles. The lowest BCUT2D eigenvalue weighted by Gasteiger charge is -2.12. The smallest absolute Gasteiger partial charge is 0.0185 e. The van der Waals surface area contributed by atoms with Crippen LogP contribution in [0.2, 0.25) is 0 Å². The fourth-order valence-electron chi connectivity index (χ4n) is 2.22. The molecule has 0 amide bonds. The van der Waals surface area contributed by atoms with E-state index >= 15 is 0 Å². The molecule has 0 spiro atoms. The molecule has 138 valence electrons. The lowest BCUT2D eigenvalue weighted by Crippen LogP contribution is -1.95. The molecule has 0 N–H and O–H groups in total. The lowest BCUT2D eigenvalue weighted by molar-refractivity contribution is 0.632. The molecule has 0 fully saturated rings. The predicted octanol–water partition coefficient (Wildman–Crippen LogP) is 7.60. The van der Waals surface area contributed by atoms with Gasteiger partial charge in [0, 0.05) is 16.4 Å². The highest BCUT2D eigenvalue weighted by molar-refractivity contribution is 7.99. The molecule has 3 heteroatoms. The van der Waals surface area contributed by atoms with Gasteiger partial charge in [-0.1, -0.05) is 47.6 Å². The zero-order valence-corrected chi connectivity index (χ0v) is 18.9. The van der Waals surface area contributed by atoms with Crippen molar-refractivity contribution < 1.29 is 0 Å². The average Bonchev–Trinajstić information content (AvgIpc) is 2.46. The maximum Gasteiger partial charge on any atom is 0.0185 e. The molecule has 0 radical (unpaired) electrons. The summed E-state index contributed by atoms with van der Waals surface area (Å²) in [6, 6.07) is 7.29. The van der Waals surface area contributed by atoms with E-state index in [1.165, 1.54) is 39.7 Å². The van der Waals surface area contributed by atoms with Crippen molar-refractivity contribution in [1.29, 1.82) is 0 Å². The van der Waals surface area contributed by atoms with Crippen molar-refractivity contribution >= 4 is 35.3 Å². The van der Waals surface area contributed by atoms with Gasteiger partial charge in [-0.3, -0.25) is 0 Å². The quantitative estimate of drug-likeness (QED) is 0.340. The minimum atomic E-state index is 0.777. The largest absolute Gasteiger partial charge is 0.157 e. The fraction of sp³-hybridized carbons (Fsp3) is 0.714. The van der Waals surface area contributed by atoms with Crippen LogP contribution < -0.4 is 0 Å². The summed E-state index contributed by atoms with van der Waals surface area (Å²) in [7, 11) is 0. The second kappa shape index (κ2) is 12.6. The Bertz CT molecular complexity index is 373. The van der Waals surface area contributed by atoms with E-state index in [1.807, 2.05) is 11.8 Å². The molecule has 1 rings (SSSR count). The highest BCUT2D eigenvalue weighted by atomic mass is 32.2. The first-order valence-electron chi connectivity index (χ1n) is 9.28. The maximum atomic E-state index is 2.44. The Morgan fingerprint density at radius 3 is 1.62 bits per heavy atom. The van der Waals surface area contributed by atoms with E-state index in [0.29, 0.717) is 0 Å². The molecule has 0 bridgehead atoms. The van der Waals surface area contributed by atoms with Crippen LogP contribution in [0.3, 0.4) is 0 Å². The van der Waals surface area contributed by atoms with E-state index in [4.69, 9.17) is 0 Å². The van der Waals surface area contributed by atoms with E-state index < -0.39 is 0 Å². The van der Waals surface area contributed by atoms with Crippen LogP contribution >= 0.6 is 35.3 Å². The second-order valence-corrected chi connectivity index (χ2v) is 11.1. The van der Waals surface area contributed by atoms with Crippen LogP contribution in [0.1, 0.15) is 59.1 Å². The van der Waals surface area contributed by atoms with Crippen molar-refractivity contribution in [2.45, 2.75) is 64.4 Å². The summed E-state index contributed by atoms with van der Waals surface area (Å²) in [5.74, 6) is 8.39. The van der Waals surface area contributed by atoms with Crippen LogP contribution in [0.15, 0.2) is 23.1 Å². The highest BCUT2D eigenvalue weighted by Crippen LogP contribution is 2.28. The summed E-state index contributed by atoms with van der Waals surface area (Å²) < 4.78 is 0. The molecule has 0 unspecified atom stereocenters. The predicted molar refractivity (Wildman–Crippen MR) is 119 cm³/mol. The SMILES string of the molecule is CC(C)CCSc1cc(CSCC(C)C)cc(CSCC(C)C)c1. The van der Waals surface area contributed by atoms with Crippen LogP contribution in [0.5, 0.6) is 0 Å². The van der Waals surface area contributed by atoms with E-state index in [0.717, 1.165) is 29.3 Å². The molecule has 24 heavy (non-hydrogen) atoms. The third-order valence-corrected chi connectivity index (χ3v) is 7.32. The van der Waals surface area contributed by atoms with E-state index in [9.17, 15) is 0 Å². The monoisotopic (exact) mass is 384 g/mol. The molecule has 0 aromatic heterocycles. The summed E-state index contributed by atoms with van der Waals surface area (Å²) in [5.41, 5.74) is 3.02. The molecule has 0 aliphatic heterocycles. The Hall–Kier alpha value is 0.270. The Balaban J connectivity index is 2.68. The Kier molecular flexibility index (Phi) is 11.7. The number of hydrogen-bond acceptors (Lipinski definition) is 3. The van der Waals surface area contributed by atoms with Gasteiger partial charge in [0.05, 0.1) is 0 Å². The van der Waals surface area contributed by atoms with Gasteiger partial charge in [0.15, 0.2) is 0 Å². The van der Waals surface area contributed by atoms with Crippen LogP contribution in [0.4, 0.5) is 0 Å². The van der Waals surface area contributed by atoms with Gasteiger partial charge in [-0.05, 0) is 64.7 Å². The third-order valence-electron chi connectivity index (χ3n) is 3.43. The minimum absolute atomic E-state index is 0.777. The molecule has 0 aliphatic carbocycles. The van der Waals surface area contributed by atoms with Crippen molar-refractivity contribution in [2.24, 2.45) is 17.8 Å². The molecule has 1 aromatic carbocycles. The minimum Gasteiger partial charge on any atom is -0.157 e. The van der Waals surface area contributed by atoms with Crippen molar-refractivity contribution in [3.8, 4) is 0 Å². The highest BCUT2D eigenvalue weighted by Gasteiger charge is 2.05. The van der Waals surface area contributed by atoms with Crippen LogP contribution in [0, 0.1) is 17.8 Å². The Morgan fingerprint density at radius 1 is 0.708 bits per heavy atom. The van der Waals surface area contributed by atoms with Gasteiger partial charge in [0.25, 0.3) is 0 Å². The van der Waals surface area contributed by atoms with E-state index in [2.05, 4.69) is 83.3 Å². The number of rotatable bonds is 12. The molecule has 0 atom stereocenters. The first-order chi connectivity index (χ1) is 11.4. The van der Waals surface area contributed by atoms with Crippen LogP contribution in [-0.2, 0) is 11.5 Å². The maximum absolute atomic E-state index is 2.44. The van der Waals surface area contributed by atoms with Gasteiger partial charge < -0.3 is 0 Å². The van der Waals surface area contributed by atoms with Gasteiger partial charge in [-0.25, -0.2) is 0 Å². The van der Waals surface area contributed by atoms with Crippen LogP contribution in [0.25, 0.3) is 0 Å². The normalized spacial score (nSPS) is 11.9. The molecule has 1 aromatic rings. The van der Waals surface area contributed by atoms with Gasteiger partial charge in [0.2, 0.25) is 0 Å². The van der Waals surface area contributed by atoms with Gasteiger partial charge in [-0.2, -0.15) is 23.5 Å². The Morgan fingerprint density at radius 2 is 1.21 bits per heavy atom. The fourth-order valence-corrected chi connectivity index (χ4v) is 5.49. The van der Waals surface area contributed by atoms with E-state index in [-0.39, 0.29) is 0 Å². The summed E-state index contributed by atoms with van der Waals surface area (Å²) in [6.07, 6.45) is 1.30. The molecule has 0 nitrogen and oxygen atoms in total. The molecular formula is C21H36S3. The molecule has 0 heterocycles. The zero-order chi connectivity index (χ0) is 17.9. The third kappa shape index (κ3) is 11.0. The van der Waals surface area contributed by atoms with Crippen molar-refractivity contribution in [1.82, 2.24) is 0 Å². The van der Waals surface area contributed by atoms with Crippen molar-refractivity contribution in [2.75, 3.05) is 17.3 Å². The Labute approximate surface area is 163 Å². The van der Waals surface area contributed by atoms with Gasteiger partial charge >= 0.3 is 0 Å². The standard InChI is InChI=1S/C21H36S3/c1-16(2)7-8-24-21-10-19(14-22-12-17(3)4)9-20(11-21)15-23-13-18(5)6/h9-11,16-18H,7-8,12-15H2,1-6H3. The summed E-state index contributed by atoms with van der Waals surface area (Å²) >= 11 is 6.18. The summed E-state index contributed by atoms with van der Waals surface area (Å²) in [4.78, 5) is 1.47. The molecular weight excluding hydrogens is 348 g/mol. The van der Waals surface area contributed by atoms with Gasteiger partial charge in [-0.15, -0.1) is 11.8 Å². The van der Waals surface area contributed by atoms with Crippen molar-refractivity contribution in [3.63, 3.8) is 0 Å². The lowest BCUT2D eigenvalue weighted by atomic mass is 10.2. The average molecular weight is 385 g/mol. The number of thioether (sulfide) groups is 3. The second-order valence-electron chi connectivity index (χ2n) is 7.83. The summed E-state index contributed by atoms with van der Waals surface area (Å²) in [5, 5.41) is 0. The van der Waals surface area contributed by atoms with Crippen molar-refractivity contribution in [3.05, 3.63) is 29.3 Å². The molecule has 0 saturated heterocycles. The first kappa shape index (κ1) is 22.3. The zero-order valence-electron chi connectivity index (χ0n) is 16.4. The van der Waals surface area contributed by atoms with Gasteiger partial charge in [0.1, 0.15) is 0 Å². The number of hydrogen-bond donors (Lipinski definition) is 0. The molecule has 0 aliphatic rings. The van der Waals surface area contributed by atoms with E-state index in [1.54, 1.807) is 0 Å². The number of benzene rings is 1. The van der Waals surface area contributed by atoms with Crippen LogP contribution in [-0.4, -0.2) is 17.3 Å².